The van der Waals surface area contributed by atoms with E-state index in [4.69, 9.17) is 19.6 Å². The molecule has 1 aromatic carbocycles. The molecule has 1 aliphatic rings. The Hall–Kier alpha value is -1.59. The van der Waals surface area contributed by atoms with Crippen LogP contribution in [0.3, 0.4) is 0 Å². The lowest BCUT2D eigenvalue weighted by Gasteiger charge is -2.08. The lowest BCUT2D eigenvalue weighted by atomic mass is 10.3. The maximum atomic E-state index is 5.68. The summed E-state index contributed by atoms with van der Waals surface area (Å²) in [5.74, 6) is 4.19. The maximum Gasteiger partial charge on any atom is 0.162 e. The molecule has 106 valence electrons. The lowest BCUT2D eigenvalue weighted by molar-refractivity contribution is 0.297. The molecule has 2 N–H and O–H groups in total. The number of fused-ring (bicyclic) bond motifs is 1. The zero-order valence-electron chi connectivity index (χ0n) is 11.1. The third-order valence-corrected chi connectivity index (χ3v) is 4.03. The summed E-state index contributed by atoms with van der Waals surface area (Å²) in [6.45, 7) is 1.86. The van der Waals surface area contributed by atoms with E-state index < -0.39 is 0 Å². The van der Waals surface area contributed by atoms with Crippen LogP contribution in [0, 0.1) is 0 Å². The highest BCUT2D eigenvalue weighted by Gasteiger charge is 2.11. The summed E-state index contributed by atoms with van der Waals surface area (Å²) >= 11 is 1.71. The van der Waals surface area contributed by atoms with Crippen molar-refractivity contribution >= 4 is 11.8 Å². The van der Waals surface area contributed by atoms with Crippen LogP contribution in [0.4, 0.5) is 0 Å². The molecule has 3 rings (SSSR count). The largest absolute Gasteiger partial charge is 0.490 e. The Morgan fingerprint density at radius 3 is 2.60 bits per heavy atom. The fourth-order valence-corrected chi connectivity index (χ4v) is 2.82. The summed E-state index contributed by atoms with van der Waals surface area (Å²) in [6.07, 6.45) is 0.922. The SMILES string of the molecule is NCc1ccc(CSc2ccc3c(c2)OCCCO3)o1. The fraction of sp³-hybridized carbons (Fsp3) is 0.333. The van der Waals surface area contributed by atoms with Gasteiger partial charge in [-0.1, -0.05) is 0 Å². The first-order valence-corrected chi connectivity index (χ1v) is 7.64. The summed E-state index contributed by atoms with van der Waals surface area (Å²) in [5, 5.41) is 0. The first-order valence-electron chi connectivity index (χ1n) is 6.65. The minimum Gasteiger partial charge on any atom is -0.490 e. The van der Waals surface area contributed by atoms with Gasteiger partial charge >= 0.3 is 0 Å². The minimum atomic E-state index is 0.439. The second kappa shape index (κ2) is 6.24. The number of furan rings is 1. The fourth-order valence-electron chi connectivity index (χ4n) is 2.00. The van der Waals surface area contributed by atoms with Crippen LogP contribution in [-0.2, 0) is 12.3 Å². The zero-order chi connectivity index (χ0) is 13.8. The van der Waals surface area contributed by atoms with Gasteiger partial charge in [0.15, 0.2) is 11.5 Å². The van der Waals surface area contributed by atoms with Crippen molar-refractivity contribution in [3.05, 3.63) is 41.9 Å². The molecule has 4 nitrogen and oxygen atoms in total. The van der Waals surface area contributed by atoms with Gasteiger partial charge in [0.2, 0.25) is 0 Å². The van der Waals surface area contributed by atoms with E-state index >= 15 is 0 Å². The molecule has 0 fully saturated rings. The third kappa shape index (κ3) is 3.11. The molecule has 0 saturated carbocycles. The maximum absolute atomic E-state index is 5.68. The highest BCUT2D eigenvalue weighted by molar-refractivity contribution is 7.98. The van der Waals surface area contributed by atoms with Gasteiger partial charge in [-0.2, -0.15) is 0 Å². The molecule has 2 aromatic rings. The van der Waals surface area contributed by atoms with E-state index in [1.54, 1.807) is 11.8 Å². The third-order valence-electron chi connectivity index (χ3n) is 3.02. The molecule has 5 heteroatoms. The van der Waals surface area contributed by atoms with E-state index in [0.717, 1.165) is 40.1 Å². The van der Waals surface area contributed by atoms with E-state index in [1.165, 1.54) is 0 Å². The number of rotatable bonds is 4. The molecule has 0 saturated heterocycles. The number of hydrogen-bond donors (Lipinski definition) is 1. The smallest absolute Gasteiger partial charge is 0.162 e. The zero-order valence-corrected chi connectivity index (χ0v) is 11.9. The van der Waals surface area contributed by atoms with Gasteiger partial charge in [0.1, 0.15) is 11.5 Å². The predicted molar refractivity (Wildman–Crippen MR) is 78.2 cm³/mol. The normalized spacial score (nSPS) is 14.1. The van der Waals surface area contributed by atoms with E-state index in [2.05, 4.69) is 0 Å². The Bertz CT molecular complexity index is 582. The monoisotopic (exact) mass is 291 g/mol. The van der Waals surface area contributed by atoms with Crippen molar-refractivity contribution in [2.75, 3.05) is 13.2 Å². The molecular weight excluding hydrogens is 274 g/mol. The molecule has 0 radical (unpaired) electrons. The summed E-state index contributed by atoms with van der Waals surface area (Å²) in [5.41, 5.74) is 5.53. The highest BCUT2D eigenvalue weighted by Crippen LogP contribution is 2.35. The van der Waals surface area contributed by atoms with Crippen LogP contribution in [-0.4, -0.2) is 13.2 Å². The molecule has 20 heavy (non-hydrogen) atoms. The summed E-state index contributed by atoms with van der Waals surface area (Å²) in [6, 6.07) is 9.93. The number of thioether (sulfide) groups is 1. The van der Waals surface area contributed by atoms with E-state index in [-0.39, 0.29) is 0 Å². The molecule has 2 heterocycles. The standard InChI is InChI=1S/C15H17NO3S/c16-9-11-2-3-12(19-11)10-20-13-4-5-14-15(8-13)18-7-1-6-17-14/h2-5,8H,1,6-7,9-10,16H2. The molecule has 0 bridgehead atoms. The Balaban J connectivity index is 1.67. The van der Waals surface area contributed by atoms with Crippen molar-refractivity contribution in [2.45, 2.75) is 23.6 Å². The predicted octanol–water partition coefficient (Wildman–Crippen LogP) is 3.19. The Morgan fingerprint density at radius 2 is 1.80 bits per heavy atom. The average molecular weight is 291 g/mol. The first-order chi connectivity index (χ1) is 9.85. The van der Waals surface area contributed by atoms with Crippen LogP contribution in [0.5, 0.6) is 11.5 Å². The van der Waals surface area contributed by atoms with Crippen molar-refractivity contribution < 1.29 is 13.9 Å². The van der Waals surface area contributed by atoms with Gasteiger partial charge in [-0.25, -0.2) is 0 Å². The number of nitrogens with two attached hydrogens (primary N) is 1. The van der Waals surface area contributed by atoms with Gasteiger partial charge in [-0.15, -0.1) is 11.8 Å². The van der Waals surface area contributed by atoms with Gasteiger partial charge in [-0.3, -0.25) is 0 Å². The molecule has 0 amide bonds. The molecule has 0 unspecified atom stereocenters. The summed E-state index contributed by atoms with van der Waals surface area (Å²) in [4.78, 5) is 1.14. The first kappa shape index (κ1) is 13.4. The van der Waals surface area contributed by atoms with Crippen LogP contribution in [0.1, 0.15) is 17.9 Å². The van der Waals surface area contributed by atoms with Gasteiger partial charge in [0.25, 0.3) is 0 Å². The van der Waals surface area contributed by atoms with Gasteiger partial charge in [0, 0.05) is 11.3 Å². The molecule has 1 aromatic heterocycles. The summed E-state index contributed by atoms with van der Waals surface area (Å²) in [7, 11) is 0. The van der Waals surface area contributed by atoms with Crippen molar-refractivity contribution in [1.29, 1.82) is 0 Å². The van der Waals surface area contributed by atoms with E-state index in [9.17, 15) is 0 Å². The van der Waals surface area contributed by atoms with Crippen LogP contribution in [0.25, 0.3) is 0 Å². The second-order valence-electron chi connectivity index (χ2n) is 4.52. The van der Waals surface area contributed by atoms with Crippen molar-refractivity contribution in [3.8, 4) is 11.5 Å². The molecular formula is C15H17NO3S. The number of ether oxygens (including phenoxy) is 2. The van der Waals surface area contributed by atoms with Crippen LogP contribution in [0.15, 0.2) is 39.6 Å². The van der Waals surface area contributed by atoms with E-state index in [1.807, 2.05) is 30.3 Å². The topological polar surface area (TPSA) is 57.6 Å². The Morgan fingerprint density at radius 1 is 1.00 bits per heavy atom. The quantitative estimate of drug-likeness (QED) is 0.877. The van der Waals surface area contributed by atoms with Gasteiger partial charge < -0.3 is 19.6 Å². The Labute approximate surface area is 122 Å². The van der Waals surface area contributed by atoms with Gasteiger partial charge in [0.05, 0.1) is 25.5 Å². The lowest BCUT2D eigenvalue weighted by Crippen LogP contribution is -1.97. The number of hydrogen-bond acceptors (Lipinski definition) is 5. The van der Waals surface area contributed by atoms with Crippen molar-refractivity contribution in [3.63, 3.8) is 0 Å². The van der Waals surface area contributed by atoms with E-state index in [0.29, 0.717) is 19.8 Å². The molecule has 0 aliphatic carbocycles. The number of benzene rings is 1. The Kier molecular flexibility index (Phi) is 4.18. The van der Waals surface area contributed by atoms with Crippen LogP contribution < -0.4 is 15.2 Å². The van der Waals surface area contributed by atoms with Crippen molar-refractivity contribution in [1.82, 2.24) is 0 Å². The summed E-state index contributed by atoms with van der Waals surface area (Å²) < 4.78 is 16.9. The average Bonchev–Trinajstić information content (AvgIpc) is 2.82. The van der Waals surface area contributed by atoms with Crippen molar-refractivity contribution in [2.24, 2.45) is 5.73 Å². The minimum absolute atomic E-state index is 0.439. The molecule has 0 spiro atoms. The van der Waals surface area contributed by atoms with Crippen LogP contribution >= 0.6 is 11.8 Å². The van der Waals surface area contributed by atoms with Gasteiger partial charge in [-0.05, 0) is 30.3 Å². The highest BCUT2D eigenvalue weighted by atomic mass is 32.2. The second-order valence-corrected chi connectivity index (χ2v) is 5.57. The molecule has 0 atom stereocenters. The molecule has 1 aliphatic heterocycles. The van der Waals surface area contributed by atoms with Crippen LogP contribution in [0.2, 0.25) is 0 Å².